The van der Waals surface area contributed by atoms with Crippen molar-refractivity contribution in [3.05, 3.63) is 35.2 Å². The van der Waals surface area contributed by atoms with Gasteiger partial charge in [-0.05, 0) is 30.2 Å². The molecule has 0 spiro atoms. The molecule has 0 saturated heterocycles. The molecular weight excluding hydrogens is 181 g/mol. The summed E-state index contributed by atoms with van der Waals surface area (Å²) < 4.78 is 18.2. The number of rotatable bonds is 3. The van der Waals surface area contributed by atoms with Gasteiger partial charge in [-0.2, -0.15) is 0 Å². The van der Waals surface area contributed by atoms with Crippen LogP contribution in [0.2, 0.25) is 0 Å². The van der Waals surface area contributed by atoms with Crippen LogP contribution >= 0.6 is 0 Å². The molecule has 14 heavy (non-hydrogen) atoms. The average molecular weight is 195 g/mol. The SMILES string of the molecule is COc1cc(/C=C/CN)cc(C)c1F. The van der Waals surface area contributed by atoms with Gasteiger partial charge in [0.1, 0.15) is 0 Å². The van der Waals surface area contributed by atoms with Crippen molar-refractivity contribution in [2.24, 2.45) is 5.73 Å². The van der Waals surface area contributed by atoms with Gasteiger partial charge in [0, 0.05) is 6.54 Å². The van der Waals surface area contributed by atoms with Crippen molar-refractivity contribution in [3.63, 3.8) is 0 Å². The maximum atomic E-state index is 13.3. The highest BCUT2D eigenvalue weighted by molar-refractivity contribution is 5.54. The van der Waals surface area contributed by atoms with Crippen LogP contribution in [0, 0.1) is 12.7 Å². The summed E-state index contributed by atoms with van der Waals surface area (Å²) in [5.74, 6) is -0.0425. The second-order valence-electron chi connectivity index (χ2n) is 2.99. The van der Waals surface area contributed by atoms with Gasteiger partial charge in [-0.15, -0.1) is 0 Å². The first-order valence-electron chi connectivity index (χ1n) is 4.39. The van der Waals surface area contributed by atoms with Crippen molar-refractivity contribution in [2.45, 2.75) is 6.92 Å². The van der Waals surface area contributed by atoms with Crippen molar-refractivity contribution >= 4 is 6.08 Å². The van der Waals surface area contributed by atoms with Gasteiger partial charge >= 0.3 is 0 Å². The smallest absolute Gasteiger partial charge is 0.167 e. The normalized spacial score (nSPS) is 10.9. The number of benzene rings is 1. The molecule has 0 atom stereocenters. The molecule has 0 fully saturated rings. The zero-order valence-electron chi connectivity index (χ0n) is 8.38. The lowest BCUT2D eigenvalue weighted by atomic mass is 10.1. The van der Waals surface area contributed by atoms with Gasteiger partial charge in [0.25, 0.3) is 0 Å². The minimum atomic E-state index is -0.308. The molecule has 0 heterocycles. The number of halogens is 1. The van der Waals surface area contributed by atoms with Crippen molar-refractivity contribution in [1.29, 1.82) is 0 Å². The molecule has 0 saturated carbocycles. The summed E-state index contributed by atoms with van der Waals surface area (Å²) in [5, 5.41) is 0. The Morgan fingerprint density at radius 3 is 2.79 bits per heavy atom. The van der Waals surface area contributed by atoms with E-state index in [1.54, 1.807) is 19.1 Å². The van der Waals surface area contributed by atoms with Gasteiger partial charge in [-0.25, -0.2) is 4.39 Å². The molecule has 0 aliphatic carbocycles. The van der Waals surface area contributed by atoms with Gasteiger partial charge in [-0.1, -0.05) is 12.2 Å². The number of aryl methyl sites for hydroxylation is 1. The molecule has 0 aliphatic heterocycles. The molecule has 2 nitrogen and oxygen atoms in total. The fraction of sp³-hybridized carbons (Fsp3) is 0.273. The van der Waals surface area contributed by atoms with Gasteiger partial charge in [0.2, 0.25) is 0 Å². The van der Waals surface area contributed by atoms with Crippen LogP contribution in [0.3, 0.4) is 0 Å². The van der Waals surface area contributed by atoms with Crippen molar-refractivity contribution in [2.75, 3.05) is 13.7 Å². The molecule has 0 aromatic heterocycles. The molecule has 76 valence electrons. The number of hydrogen-bond acceptors (Lipinski definition) is 2. The van der Waals surface area contributed by atoms with Crippen LogP contribution in [0.4, 0.5) is 4.39 Å². The highest BCUT2D eigenvalue weighted by Crippen LogP contribution is 2.22. The lowest BCUT2D eigenvalue weighted by Gasteiger charge is -2.05. The van der Waals surface area contributed by atoms with E-state index in [4.69, 9.17) is 10.5 Å². The van der Waals surface area contributed by atoms with E-state index in [9.17, 15) is 4.39 Å². The van der Waals surface area contributed by atoms with E-state index in [1.165, 1.54) is 7.11 Å². The topological polar surface area (TPSA) is 35.2 Å². The number of nitrogens with two attached hydrogens (primary N) is 1. The van der Waals surface area contributed by atoms with Gasteiger partial charge in [0.15, 0.2) is 11.6 Å². The average Bonchev–Trinajstić information content (AvgIpc) is 2.19. The molecule has 0 amide bonds. The molecule has 1 aromatic rings. The Morgan fingerprint density at radius 2 is 2.21 bits per heavy atom. The van der Waals surface area contributed by atoms with E-state index >= 15 is 0 Å². The maximum absolute atomic E-state index is 13.3. The van der Waals surface area contributed by atoms with E-state index in [0.29, 0.717) is 12.1 Å². The summed E-state index contributed by atoms with van der Waals surface area (Å²) in [7, 11) is 1.45. The zero-order valence-corrected chi connectivity index (χ0v) is 8.38. The summed E-state index contributed by atoms with van der Waals surface area (Å²) >= 11 is 0. The summed E-state index contributed by atoms with van der Waals surface area (Å²) in [6.45, 7) is 2.18. The van der Waals surface area contributed by atoms with Crippen LogP contribution in [0.1, 0.15) is 11.1 Å². The molecule has 0 unspecified atom stereocenters. The predicted octanol–water partition coefficient (Wildman–Crippen LogP) is 2.11. The first-order chi connectivity index (χ1) is 6.69. The van der Waals surface area contributed by atoms with Crippen molar-refractivity contribution in [1.82, 2.24) is 0 Å². The lowest BCUT2D eigenvalue weighted by molar-refractivity contribution is 0.385. The van der Waals surface area contributed by atoms with Gasteiger partial charge in [0.05, 0.1) is 7.11 Å². The third kappa shape index (κ3) is 2.33. The van der Waals surface area contributed by atoms with Crippen LogP contribution in [0.15, 0.2) is 18.2 Å². The summed E-state index contributed by atoms with van der Waals surface area (Å²) in [4.78, 5) is 0. The third-order valence-electron chi connectivity index (χ3n) is 1.91. The Balaban J connectivity index is 3.09. The van der Waals surface area contributed by atoms with Crippen molar-refractivity contribution < 1.29 is 9.13 Å². The highest BCUT2D eigenvalue weighted by atomic mass is 19.1. The Labute approximate surface area is 83.2 Å². The second-order valence-corrected chi connectivity index (χ2v) is 2.99. The summed E-state index contributed by atoms with van der Waals surface area (Å²) in [5.41, 5.74) is 6.79. The predicted molar refractivity (Wildman–Crippen MR) is 55.8 cm³/mol. The zero-order chi connectivity index (χ0) is 10.6. The Morgan fingerprint density at radius 1 is 1.50 bits per heavy atom. The Hall–Kier alpha value is -1.35. The monoisotopic (exact) mass is 195 g/mol. The summed E-state index contributed by atoms with van der Waals surface area (Å²) in [6.07, 6.45) is 3.65. The van der Waals surface area contributed by atoms with E-state index in [-0.39, 0.29) is 11.6 Å². The first-order valence-corrected chi connectivity index (χ1v) is 4.39. The maximum Gasteiger partial charge on any atom is 0.167 e. The quantitative estimate of drug-likeness (QED) is 0.801. The Kier molecular flexibility index (Phi) is 3.65. The Bertz CT molecular complexity index is 347. The van der Waals surface area contributed by atoms with Crippen LogP contribution in [0.5, 0.6) is 5.75 Å². The molecule has 1 rings (SSSR count). The second kappa shape index (κ2) is 4.77. The largest absolute Gasteiger partial charge is 0.494 e. The minimum Gasteiger partial charge on any atom is -0.494 e. The van der Waals surface area contributed by atoms with E-state index in [1.807, 2.05) is 12.2 Å². The molecular formula is C11H14FNO. The van der Waals surface area contributed by atoms with E-state index < -0.39 is 0 Å². The van der Waals surface area contributed by atoms with E-state index in [0.717, 1.165) is 5.56 Å². The lowest BCUT2D eigenvalue weighted by Crippen LogP contribution is -1.94. The molecule has 2 N–H and O–H groups in total. The van der Waals surface area contributed by atoms with Crippen LogP contribution in [-0.4, -0.2) is 13.7 Å². The summed E-state index contributed by atoms with van der Waals surface area (Å²) in [6, 6.07) is 3.40. The van der Waals surface area contributed by atoms with Crippen LogP contribution < -0.4 is 10.5 Å². The molecule has 0 aliphatic rings. The third-order valence-corrected chi connectivity index (χ3v) is 1.91. The molecule has 3 heteroatoms. The number of methoxy groups -OCH3 is 1. The van der Waals surface area contributed by atoms with E-state index in [2.05, 4.69) is 0 Å². The van der Waals surface area contributed by atoms with Gasteiger partial charge < -0.3 is 10.5 Å². The molecule has 0 radical (unpaired) electrons. The molecule has 1 aromatic carbocycles. The fourth-order valence-electron chi connectivity index (χ4n) is 1.21. The van der Waals surface area contributed by atoms with Crippen molar-refractivity contribution in [3.8, 4) is 5.75 Å². The first kappa shape index (κ1) is 10.7. The minimum absolute atomic E-state index is 0.265. The standard InChI is InChI=1S/C11H14FNO/c1-8-6-9(4-3-5-13)7-10(14-2)11(8)12/h3-4,6-7H,5,13H2,1-2H3/b4-3+. The number of hydrogen-bond donors (Lipinski definition) is 1. The van der Waals surface area contributed by atoms with Crippen LogP contribution in [-0.2, 0) is 0 Å². The van der Waals surface area contributed by atoms with Gasteiger partial charge in [-0.3, -0.25) is 0 Å². The number of ether oxygens (including phenoxy) is 1. The highest BCUT2D eigenvalue weighted by Gasteiger charge is 2.06. The molecule has 0 bridgehead atoms. The van der Waals surface area contributed by atoms with Crippen LogP contribution in [0.25, 0.3) is 6.08 Å². The fourth-order valence-corrected chi connectivity index (χ4v) is 1.21.